The Morgan fingerprint density at radius 1 is 1.10 bits per heavy atom. The van der Waals surface area contributed by atoms with Crippen molar-refractivity contribution in [3.8, 4) is 11.5 Å². The van der Waals surface area contributed by atoms with Crippen molar-refractivity contribution in [3.05, 3.63) is 48.0 Å². The molecule has 0 bridgehead atoms. The first-order valence-corrected chi connectivity index (χ1v) is 10.1. The van der Waals surface area contributed by atoms with Gasteiger partial charge in [0.25, 0.3) is 0 Å². The number of para-hydroxylation sites is 2. The van der Waals surface area contributed by atoms with Crippen molar-refractivity contribution in [2.75, 3.05) is 52.4 Å². The van der Waals surface area contributed by atoms with Gasteiger partial charge < -0.3 is 19.1 Å². The Bertz CT molecular complexity index is 950. The lowest BCUT2D eigenvalue weighted by Crippen LogP contribution is -3.14. The van der Waals surface area contributed by atoms with Crippen molar-refractivity contribution < 1.29 is 23.7 Å². The highest BCUT2D eigenvalue weighted by Crippen LogP contribution is 2.24. The Morgan fingerprint density at radius 3 is 2.72 bits per heavy atom. The van der Waals surface area contributed by atoms with E-state index >= 15 is 0 Å². The molecule has 0 spiro atoms. The largest absolute Gasteiger partial charge is 0.497 e. The first-order chi connectivity index (χ1) is 14.3. The second-order valence-electron chi connectivity index (χ2n) is 7.29. The third kappa shape index (κ3) is 4.46. The predicted molar refractivity (Wildman–Crippen MR) is 112 cm³/mol. The van der Waals surface area contributed by atoms with Crippen LogP contribution in [0.15, 0.2) is 42.5 Å². The molecule has 1 saturated heterocycles. The Hall–Kier alpha value is -2.77. The second kappa shape index (κ2) is 9.15. The summed E-state index contributed by atoms with van der Waals surface area (Å²) in [4.78, 5) is 5.13. The molecule has 4 rings (SSSR count). The van der Waals surface area contributed by atoms with Crippen molar-refractivity contribution >= 4 is 17.0 Å². The lowest BCUT2D eigenvalue weighted by Gasteiger charge is -2.23. The molecule has 154 valence electrons. The fourth-order valence-corrected chi connectivity index (χ4v) is 3.88. The number of hydrogen-bond donors (Lipinski definition) is 3. The van der Waals surface area contributed by atoms with Gasteiger partial charge in [0.1, 0.15) is 48.7 Å². The molecular weight excluding hydrogens is 368 g/mol. The van der Waals surface area contributed by atoms with Crippen LogP contribution in [0.25, 0.3) is 11.0 Å². The highest BCUT2D eigenvalue weighted by molar-refractivity contribution is 5.72. The summed E-state index contributed by atoms with van der Waals surface area (Å²) >= 11 is 0. The number of aromatic amines is 1. The Morgan fingerprint density at radius 2 is 1.93 bits per heavy atom. The number of benzene rings is 2. The van der Waals surface area contributed by atoms with E-state index in [1.165, 1.54) is 5.52 Å². The zero-order valence-corrected chi connectivity index (χ0v) is 17.2. The molecule has 1 fully saturated rings. The van der Waals surface area contributed by atoms with Gasteiger partial charge >= 0.3 is 5.95 Å². The highest BCUT2D eigenvalue weighted by atomic mass is 16.5. The van der Waals surface area contributed by atoms with Crippen LogP contribution in [0.1, 0.15) is 5.56 Å². The normalized spacial score (nSPS) is 14.8. The predicted octanol–water partition coefficient (Wildman–Crippen LogP) is 1.000. The molecule has 0 unspecified atom stereocenters. The number of nitrogens with one attached hydrogen (secondary N) is 3. The van der Waals surface area contributed by atoms with Crippen LogP contribution in [0.2, 0.25) is 0 Å². The van der Waals surface area contributed by atoms with Crippen LogP contribution >= 0.6 is 0 Å². The first-order valence-electron chi connectivity index (χ1n) is 10.1. The van der Waals surface area contributed by atoms with E-state index in [-0.39, 0.29) is 0 Å². The molecule has 3 N–H and O–H groups in total. The molecule has 0 amide bonds. The molecule has 29 heavy (non-hydrogen) atoms. The molecule has 2 heterocycles. The Kier molecular flexibility index (Phi) is 6.17. The number of quaternary nitrogens is 1. The van der Waals surface area contributed by atoms with Crippen molar-refractivity contribution in [2.24, 2.45) is 0 Å². The molecule has 1 aliphatic heterocycles. The van der Waals surface area contributed by atoms with Crippen LogP contribution in [0, 0.1) is 0 Å². The van der Waals surface area contributed by atoms with Gasteiger partial charge in [0.05, 0.1) is 34.0 Å². The van der Waals surface area contributed by atoms with Gasteiger partial charge in [0, 0.05) is 5.56 Å². The number of H-pyrrole nitrogens is 1. The van der Waals surface area contributed by atoms with Gasteiger partial charge in [-0.2, -0.15) is 0 Å². The maximum absolute atomic E-state index is 5.52. The molecule has 3 aromatic rings. The molecule has 1 aliphatic rings. The molecule has 0 saturated carbocycles. The third-order valence-electron chi connectivity index (χ3n) is 5.54. The Labute approximate surface area is 171 Å². The maximum Gasteiger partial charge on any atom is 0.356 e. The minimum Gasteiger partial charge on any atom is -0.497 e. The van der Waals surface area contributed by atoms with E-state index in [9.17, 15) is 0 Å². The standard InChI is InChI=1S/C22H28N4O3/c1-27-18-7-8-21(28-2)17(15-18)16-23-22-24-19-5-3-4-6-20(19)26(22)10-9-25-11-13-29-14-12-25/h3-8,15H,9-14,16H2,1-2H3,(H,23,24)/p+2. The van der Waals surface area contributed by atoms with Crippen LogP contribution in [0.4, 0.5) is 5.95 Å². The van der Waals surface area contributed by atoms with Gasteiger partial charge in [-0.15, -0.1) is 0 Å². The van der Waals surface area contributed by atoms with E-state index in [1.54, 1.807) is 19.1 Å². The average Bonchev–Trinajstić information content (AvgIpc) is 3.14. The van der Waals surface area contributed by atoms with E-state index < -0.39 is 0 Å². The van der Waals surface area contributed by atoms with Crippen molar-refractivity contribution in [1.29, 1.82) is 0 Å². The van der Waals surface area contributed by atoms with Crippen LogP contribution < -0.4 is 24.3 Å². The van der Waals surface area contributed by atoms with Gasteiger partial charge in [0.2, 0.25) is 0 Å². The number of morpholine rings is 1. The van der Waals surface area contributed by atoms with E-state index in [0.717, 1.165) is 67.9 Å². The number of fused-ring (bicyclic) bond motifs is 1. The molecule has 0 radical (unpaired) electrons. The number of rotatable bonds is 8. The average molecular weight is 399 g/mol. The van der Waals surface area contributed by atoms with Gasteiger partial charge in [-0.05, 0) is 30.3 Å². The highest BCUT2D eigenvalue weighted by Gasteiger charge is 2.21. The van der Waals surface area contributed by atoms with Gasteiger partial charge in [-0.25, -0.2) is 9.55 Å². The summed E-state index contributed by atoms with van der Waals surface area (Å²) in [6.07, 6.45) is 0. The number of imidazole rings is 1. The second-order valence-corrected chi connectivity index (χ2v) is 7.29. The molecule has 0 aliphatic carbocycles. The maximum atomic E-state index is 5.52. The van der Waals surface area contributed by atoms with Crippen LogP contribution in [-0.2, 0) is 17.8 Å². The summed E-state index contributed by atoms with van der Waals surface area (Å²) in [6, 6.07) is 14.3. The smallest absolute Gasteiger partial charge is 0.356 e. The van der Waals surface area contributed by atoms with E-state index in [4.69, 9.17) is 14.2 Å². The number of anilines is 1. The summed E-state index contributed by atoms with van der Waals surface area (Å²) in [7, 11) is 3.37. The van der Waals surface area contributed by atoms with Crippen LogP contribution in [-0.4, -0.2) is 52.1 Å². The molecule has 7 nitrogen and oxygen atoms in total. The van der Waals surface area contributed by atoms with Crippen LogP contribution in [0.3, 0.4) is 0 Å². The summed E-state index contributed by atoms with van der Waals surface area (Å²) < 4.78 is 18.7. The SMILES string of the molecule is COc1ccc(OC)c(CNc2[nH]c3ccccc3[n+]2CC[NH+]2CCOCC2)c1. The number of hydrogen-bond acceptors (Lipinski definition) is 4. The van der Waals surface area contributed by atoms with Crippen molar-refractivity contribution in [3.63, 3.8) is 0 Å². The zero-order valence-electron chi connectivity index (χ0n) is 17.2. The molecule has 7 heteroatoms. The molecule has 1 aromatic heterocycles. The first kappa shape index (κ1) is 19.5. The summed E-state index contributed by atoms with van der Waals surface area (Å²) in [5, 5.41) is 3.57. The fourth-order valence-electron chi connectivity index (χ4n) is 3.88. The van der Waals surface area contributed by atoms with E-state index in [2.05, 4.69) is 39.1 Å². The minimum absolute atomic E-state index is 0.637. The van der Waals surface area contributed by atoms with E-state index in [1.807, 2.05) is 18.2 Å². The minimum atomic E-state index is 0.637. The monoisotopic (exact) mass is 398 g/mol. The fraction of sp³-hybridized carbons (Fsp3) is 0.409. The summed E-state index contributed by atoms with van der Waals surface area (Å²) in [6.45, 7) is 6.52. The van der Waals surface area contributed by atoms with Gasteiger partial charge in [0.15, 0.2) is 0 Å². The Balaban J connectivity index is 1.55. The quantitative estimate of drug-likeness (QED) is 0.496. The summed E-state index contributed by atoms with van der Waals surface area (Å²) in [5.41, 5.74) is 3.39. The summed E-state index contributed by atoms with van der Waals surface area (Å²) in [5.74, 6) is 2.67. The topological polar surface area (TPSA) is 63.8 Å². The van der Waals surface area contributed by atoms with Crippen molar-refractivity contribution in [1.82, 2.24) is 4.98 Å². The third-order valence-corrected chi connectivity index (χ3v) is 5.54. The lowest BCUT2D eigenvalue weighted by molar-refractivity contribution is -0.923. The molecular formula is C22H30N4O3+2. The van der Waals surface area contributed by atoms with E-state index in [0.29, 0.717) is 6.54 Å². The van der Waals surface area contributed by atoms with Gasteiger partial charge in [-0.3, -0.25) is 5.32 Å². The number of aromatic nitrogens is 2. The van der Waals surface area contributed by atoms with Crippen LogP contribution in [0.5, 0.6) is 11.5 Å². The molecule has 2 aromatic carbocycles. The van der Waals surface area contributed by atoms with Crippen molar-refractivity contribution in [2.45, 2.75) is 13.1 Å². The number of methoxy groups -OCH3 is 2. The van der Waals surface area contributed by atoms with Gasteiger partial charge in [-0.1, -0.05) is 12.1 Å². The zero-order chi connectivity index (χ0) is 20.1. The number of ether oxygens (including phenoxy) is 3. The number of nitrogens with zero attached hydrogens (tertiary/aromatic N) is 1. The lowest BCUT2D eigenvalue weighted by atomic mass is 10.2. The molecule has 0 atom stereocenters.